The third-order valence-electron chi connectivity index (χ3n) is 3.03. The number of oxime groups is 1. The SMILES string of the molecule is CN(C(=O)c1ccc(Cl)cc1)c1cccc(C(N)=NO)c1. The van der Waals surface area contributed by atoms with Crippen LogP contribution in [0.25, 0.3) is 0 Å². The second kappa shape index (κ2) is 6.28. The monoisotopic (exact) mass is 303 g/mol. The number of nitrogens with two attached hydrogens (primary N) is 1. The summed E-state index contributed by atoms with van der Waals surface area (Å²) in [5.74, 6) is -0.187. The summed E-state index contributed by atoms with van der Waals surface area (Å²) in [6.07, 6.45) is 0. The predicted octanol–water partition coefficient (Wildman–Crippen LogP) is 2.71. The van der Waals surface area contributed by atoms with Gasteiger partial charge in [0.25, 0.3) is 5.91 Å². The molecule has 0 unspecified atom stereocenters. The number of carbonyl (C=O) groups excluding carboxylic acids is 1. The van der Waals surface area contributed by atoms with Gasteiger partial charge in [0.05, 0.1) is 0 Å². The van der Waals surface area contributed by atoms with Gasteiger partial charge in [-0.05, 0) is 36.4 Å². The van der Waals surface area contributed by atoms with Crippen LogP contribution in [0.1, 0.15) is 15.9 Å². The lowest BCUT2D eigenvalue weighted by atomic mass is 10.1. The molecule has 0 aliphatic rings. The number of rotatable bonds is 3. The van der Waals surface area contributed by atoms with Crippen LogP contribution in [-0.4, -0.2) is 24.0 Å². The number of hydrogen-bond acceptors (Lipinski definition) is 3. The molecule has 3 N–H and O–H groups in total. The fourth-order valence-electron chi connectivity index (χ4n) is 1.83. The minimum atomic E-state index is -0.177. The highest BCUT2D eigenvalue weighted by Crippen LogP contribution is 2.18. The highest BCUT2D eigenvalue weighted by atomic mass is 35.5. The van der Waals surface area contributed by atoms with Crippen molar-refractivity contribution < 1.29 is 10.0 Å². The zero-order valence-electron chi connectivity index (χ0n) is 11.3. The van der Waals surface area contributed by atoms with Gasteiger partial charge in [-0.25, -0.2) is 0 Å². The first-order valence-corrected chi connectivity index (χ1v) is 6.52. The maximum absolute atomic E-state index is 12.4. The summed E-state index contributed by atoms with van der Waals surface area (Å²) in [5, 5.41) is 12.2. The van der Waals surface area contributed by atoms with E-state index >= 15 is 0 Å². The highest BCUT2D eigenvalue weighted by Gasteiger charge is 2.14. The molecule has 0 aromatic heterocycles. The normalized spacial score (nSPS) is 11.2. The van der Waals surface area contributed by atoms with E-state index in [4.69, 9.17) is 22.5 Å². The van der Waals surface area contributed by atoms with Gasteiger partial charge < -0.3 is 15.8 Å². The molecule has 2 aromatic rings. The van der Waals surface area contributed by atoms with Crippen molar-refractivity contribution in [3.8, 4) is 0 Å². The molecule has 0 radical (unpaired) electrons. The molecule has 0 aliphatic carbocycles. The Morgan fingerprint density at radius 3 is 2.48 bits per heavy atom. The number of amides is 1. The fraction of sp³-hybridized carbons (Fsp3) is 0.0667. The lowest BCUT2D eigenvalue weighted by molar-refractivity contribution is 0.0993. The molecule has 0 bridgehead atoms. The number of halogens is 1. The molecule has 1 amide bonds. The van der Waals surface area contributed by atoms with Crippen LogP contribution in [0.5, 0.6) is 0 Å². The van der Waals surface area contributed by atoms with Gasteiger partial charge in [-0.15, -0.1) is 0 Å². The summed E-state index contributed by atoms with van der Waals surface area (Å²) in [6.45, 7) is 0. The molecule has 0 fully saturated rings. The minimum absolute atomic E-state index is 0.0100. The van der Waals surface area contributed by atoms with Gasteiger partial charge in [-0.2, -0.15) is 0 Å². The molecule has 2 aromatic carbocycles. The molecule has 2 rings (SSSR count). The van der Waals surface area contributed by atoms with Gasteiger partial charge in [0.2, 0.25) is 0 Å². The van der Waals surface area contributed by atoms with Crippen molar-refractivity contribution in [2.45, 2.75) is 0 Å². The molecular weight excluding hydrogens is 290 g/mol. The summed E-state index contributed by atoms with van der Waals surface area (Å²) in [4.78, 5) is 13.9. The number of hydrogen-bond donors (Lipinski definition) is 2. The number of nitrogens with zero attached hydrogens (tertiary/aromatic N) is 2. The molecule has 0 saturated heterocycles. The molecule has 0 saturated carbocycles. The second-order valence-corrected chi connectivity index (χ2v) is 4.84. The molecule has 0 heterocycles. The van der Waals surface area contributed by atoms with Gasteiger partial charge in [0, 0.05) is 28.9 Å². The van der Waals surface area contributed by atoms with E-state index < -0.39 is 0 Å². The van der Waals surface area contributed by atoms with E-state index in [0.717, 1.165) is 0 Å². The van der Waals surface area contributed by atoms with E-state index in [-0.39, 0.29) is 11.7 Å². The highest BCUT2D eigenvalue weighted by molar-refractivity contribution is 6.30. The van der Waals surface area contributed by atoms with E-state index in [1.807, 2.05) is 0 Å². The van der Waals surface area contributed by atoms with Gasteiger partial charge in [-0.3, -0.25) is 4.79 Å². The first kappa shape index (κ1) is 14.9. The summed E-state index contributed by atoms with van der Waals surface area (Å²) < 4.78 is 0. The maximum Gasteiger partial charge on any atom is 0.258 e. The Balaban J connectivity index is 2.29. The van der Waals surface area contributed by atoms with E-state index in [0.29, 0.717) is 21.8 Å². The van der Waals surface area contributed by atoms with Crippen LogP contribution >= 0.6 is 11.6 Å². The van der Waals surface area contributed by atoms with Crippen molar-refractivity contribution in [3.63, 3.8) is 0 Å². The molecule has 0 atom stereocenters. The van der Waals surface area contributed by atoms with E-state index in [1.165, 1.54) is 4.90 Å². The molecule has 0 spiro atoms. The van der Waals surface area contributed by atoms with Crippen LogP contribution in [0.15, 0.2) is 53.7 Å². The van der Waals surface area contributed by atoms with Crippen molar-refractivity contribution >= 4 is 29.0 Å². The Labute approximate surface area is 127 Å². The lowest BCUT2D eigenvalue weighted by Crippen LogP contribution is -2.26. The Bertz CT molecular complexity index is 684. The van der Waals surface area contributed by atoms with Gasteiger partial charge in [-0.1, -0.05) is 28.9 Å². The molecule has 21 heavy (non-hydrogen) atoms. The van der Waals surface area contributed by atoms with Crippen LogP contribution in [0.3, 0.4) is 0 Å². The summed E-state index contributed by atoms with van der Waals surface area (Å²) in [6, 6.07) is 13.5. The van der Waals surface area contributed by atoms with Crippen LogP contribution in [0, 0.1) is 0 Å². The maximum atomic E-state index is 12.4. The van der Waals surface area contributed by atoms with E-state index in [1.54, 1.807) is 55.6 Å². The van der Waals surface area contributed by atoms with Crippen molar-refractivity contribution in [1.29, 1.82) is 0 Å². The Kier molecular flexibility index (Phi) is 4.45. The molecular formula is C15H14ClN3O2. The first-order valence-electron chi connectivity index (χ1n) is 6.14. The van der Waals surface area contributed by atoms with Crippen molar-refractivity contribution in [3.05, 3.63) is 64.7 Å². The summed E-state index contributed by atoms with van der Waals surface area (Å²) in [7, 11) is 1.66. The van der Waals surface area contributed by atoms with E-state index in [2.05, 4.69) is 5.16 Å². The smallest absolute Gasteiger partial charge is 0.258 e. The summed E-state index contributed by atoms with van der Waals surface area (Å²) in [5.41, 5.74) is 7.24. The average molecular weight is 304 g/mol. The largest absolute Gasteiger partial charge is 0.409 e. The number of benzene rings is 2. The zero-order chi connectivity index (χ0) is 15.4. The Morgan fingerprint density at radius 2 is 1.86 bits per heavy atom. The number of anilines is 1. The van der Waals surface area contributed by atoms with Crippen LogP contribution in [0.2, 0.25) is 5.02 Å². The topological polar surface area (TPSA) is 78.9 Å². The van der Waals surface area contributed by atoms with Crippen LogP contribution < -0.4 is 10.6 Å². The zero-order valence-corrected chi connectivity index (χ0v) is 12.1. The fourth-order valence-corrected chi connectivity index (χ4v) is 1.96. The standard InChI is InChI=1S/C15H14ClN3O2/c1-19(15(20)10-5-7-12(16)8-6-10)13-4-2-3-11(9-13)14(17)18-21/h2-9,21H,1H3,(H2,17,18). The molecule has 5 nitrogen and oxygen atoms in total. The third-order valence-corrected chi connectivity index (χ3v) is 3.28. The quantitative estimate of drug-likeness (QED) is 0.396. The summed E-state index contributed by atoms with van der Waals surface area (Å²) >= 11 is 5.81. The van der Waals surface area contributed by atoms with E-state index in [9.17, 15) is 4.79 Å². The second-order valence-electron chi connectivity index (χ2n) is 4.41. The van der Waals surface area contributed by atoms with Crippen molar-refractivity contribution in [1.82, 2.24) is 0 Å². The number of amidine groups is 1. The predicted molar refractivity (Wildman–Crippen MR) is 83.1 cm³/mol. The van der Waals surface area contributed by atoms with Crippen molar-refractivity contribution in [2.75, 3.05) is 11.9 Å². The first-order chi connectivity index (χ1) is 10.0. The van der Waals surface area contributed by atoms with Crippen LogP contribution in [-0.2, 0) is 0 Å². The molecule has 0 aliphatic heterocycles. The third kappa shape index (κ3) is 3.32. The average Bonchev–Trinajstić information content (AvgIpc) is 2.53. The van der Waals surface area contributed by atoms with Gasteiger partial charge in [0.15, 0.2) is 5.84 Å². The van der Waals surface area contributed by atoms with Gasteiger partial charge in [0.1, 0.15) is 0 Å². The minimum Gasteiger partial charge on any atom is -0.409 e. The number of carbonyl (C=O) groups is 1. The lowest BCUT2D eigenvalue weighted by Gasteiger charge is -2.18. The molecule has 6 heteroatoms. The Morgan fingerprint density at radius 1 is 1.19 bits per heavy atom. The van der Waals surface area contributed by atoms with Gasteiger partial charge >= 0.3 is 0 Å². The van der Waals surface area contributed by atoms with Crippen molar-refractivity contribution in [2.24, 2.45) is 10.9 Å². The van der Waals surface area contributed by atoms with Crippen LogP contribution in [0.4, 0.5) is 5.69 Å². The Hall–Kier alpha value is -2.53. The molecule has 108 valence electrons.